The summed E-state index contributed by atoms with van der Waals surface area (Å²) in [5, 5.41) is 28.6. The second-order valence-corrected chi connectivity index (χ2v) is 5.03. The Hall–Kier alpha value is -2.28. The summed E-state index contributed by atoms with van der Waals surface area (Å²) in [6, 6.07) is 4.02. The van der Waals surface area contributed by atoms with Crippen molar-refractivity contribution in [3.05, 3.63) is 36.2 Å². The third kappa shape index (κ3) is 3.00. The monoisotopic (exact) mass is 293 g/mol. The number of carbonyl (C=O) groups excluding carboxylic acids is 1. The second kappa shape index (κ2) is 5.79. The number of thioether (sulfide) groups is 1. The maximum Gasteiger partial charge on any atom is 0.359 e. The van der Waals surface area contributed by atoms with Crippen molar-refractivity contribution in [3.63, 3.8) is 0 Å². The van der Waals surface area contributed by atoms with E-state index < -0.39 is 17.2 Å². The number of phenols is 3. The fraction of sp³-hybridized carbons (Fsp3) is 0.154. The van der Waals surface area contributed by atoms with E-state index in [0.29, 0.717) is 5.16 Å². The van der Waals surface area contributed by atoms with Crippen LogP contribution in [0, 0.1) is 0 Å². The second-order valence-electron chi connectivity index (χ2n) is 4.09. The summed E-state index contributed by atoms with van der Waals surface area (Å²) in [6.45, 7) is 0. The predicted octanol–water partition coefficient (Wildman–Crippen LogP) is 0.998. The maximum absolute atomic E-state index is 12.0. The van der Waals surface area contributed by atoms with Gasteiger partial charge in [-0.3, -0.25) is 4.79 Å². The van der Waals surface area contributed by atoms with E-state index in [1.165, 1.54) is 11.8 Å². The number of aryl methyl sites for hydroxylation is 1. The average molecular weight is 293 g/mol. The van der Waals surface area contributed by atoms with E-state index in [1.807, 2.05) is 13.2 Å². The third-order valence-electron chi connectivity index (χ3n) is 2.61. The van der Waals surface area contributed by atoms with Gasteiger partial charge in [-0.1, -0.05) is 0 Å². The Morgan fingerprint density at radius 2 is 1.95 bits per heavy atom. The lowest BCUT2D eigenvalue weighted by molar-refractivity contribution is -0.713. The molecule has 0 aliphatic heterocycles. The summed E-state index contributed by atoms with van der Waals surface area (Å²) < 4.78 is 1.78. The highest BCUT2D eigenvalue weighted by molar-refractivity contribution is 7.99. The third-order valence-corrected chi connectivity index (χ3v) is 3.66. The number of aromatic nitrogens is 2. The van der Waals surface area contributed by atoms with Crippen molar-refractivity contribution in [2.45, 2.75) is 5.16 Å². The number of aromatic hydroxyl groups is 3. The first-order chi connectivity index (χ1) is 9.49. The van der Waals surface area contributed by atoms with Crippen molar-refractivity contribution in [3.8, 4) is 17.2 Å². The van der Waals surface area contributed by atoms with Crippen LogP contribution in [0.25, 0.3) is 0 Å². The Bertz CT molecular complexity index is 638. The van der Waals surface area contributed by atoms with Crippen molar-refractivity contribution in [1.29, 1.82) is 0 Å². The molecule has 0 spiro atoms. The average Bonchev–Trinajstić information content (AvgIpc) is 2.43. The van der Waals surface area contributed by atoms with E-state index >= 15 is 0 Å². The van der Waals surface area contributed by atoms with Crippen molar-refractivity contribution in [1.82, 2.24) is 4.98 Å². The highest BCUT2D eigenvalue weighted by atomic mass is 32.2. The Balaban J connectivity index is 2.11. The quantitative estimate of drug-likeness (QED) is 0.256. The molecule has 6 nitrogen and oxygen atoms in total. The molecule has 0 amide bonds. The highest BCUT2D eigenvalue weighted by Gasteiger charge is 2.16. The zero-order chi connectivity index (χ0) is 14.7. The van der Waals surface area contributed by atoms with Gasteiger partial charge in [0.1, 0.15) is 6.20 Å². The van der Waals surface area contributed by atoms with Crippen LogP contribution in [0.1, 0.15) is 10.4 Å². The fourth-order valence-electron chi connectivity index (χ4n) is 1.55. The molecule has 0 bridgehead atoms. The van der Waals surface area contributed by atoms with Crippen molar-refractivity contribution < 1.29 is 24.7 Å². The molecule has 104 valence electrons. The molecule has 0 aliphatic rings. The lowest BCUT2D eigenvalue weighted by Gasteiger charge is -2.04. The maximum atomic E-state index is 12.0. The lowest BCUT2D eigenvalue weighted by Crippen LogP contribution is -2.31. The van der Waals surface area contributed by atoms with Crippen LogP contribution in [0.5, 0.6) is 17.2 Å². The molecule has 0 saturated heterocycles. The van der Waals surface area contributed by atoms with Crippen LogP contribution in [0.2, 0.25) is 0 Å². The van der Waals surface area contributed by atoms with Crippen LogP contribution >= 0.6 is 11.8 Å². The molecular weight excluding hydrogens is 280 g/mol. The van der Waals surface area contributed by atoms with Gasteiger partial charge < -0.3 is 15.3 Å². The van der Waals surface area contributed by atoms with E-state index in [4.69, 9.17) is 0 Å². The molecule has 0 atom stereocenters. The van der Waals surface area contributed by atoms with E-state index in [1.54, 1.807) is 16.8 Å². The zero-order valence-electron chi connectivity index (χ0n) is 10.6. The number of nitrogens with zero attached hydrogens (tertiary/aromatic N) is 2. The van der Waals surface area contributed by atoms with E-state index in [9.17, 15) is 20.1 Å². The molecule has 1 aromatic heterocycles. The van der Waals surface area contributed by atoms with Crippen LogP contribution in [-0.2, 0) is 7.05 Å². The smallest absolute Gasteiger partial charge is 0.359 e. The number of hydrogen-bond acceptors (Lipinski definition) is 6. The first-order valence-electron chi connectivity index (χ1n) is 5.70. The SMILES string of the molecule is C[n+]1cccnc1SCC(=O)c1cc(O)c(O)c(O)c1. The van der Waals surface area contributed by atoms with Gasteiger partial charge in [0.05, 0.1) is 19.0 Å². The predicted molar refractivity (Wildman–Crippen MR) is 71.9 cm³/mol. The summed E-state index contributed by atoms with van der Waals surface area (Å²) in [4.78, 5) is 16.1. The van der Waals surface area contributed by atoms with Gasteiger partial charge in [0.25, 0.3) is 0 Å². The molecule has 7 heteroatoms. The minimum atomic E-state index is -0.634. The Kier molecular flexibility index (Phi) is 4.09. The fourth-order valence-corrected chi connectivity index (χ4v) is 2.37. The number of hydrogen-bond donors (Lipinski definition) is 3. The number of carbonyl (C=O) groups is 1. The molecule has 2 rings (SSSR count). The molecule has 0 unspecified atom stereocenters. The van der Waals surface area contributed by atoms with Gasteiger partial charge in [0.15, 0.2) is 23.0 Å². The molecular formula is C13H13N2O4S+. The molecule has 1 aromatic carbocycles. The molecule has 1 heterocycles. The van der Waals surface area contributed by atoms with Crippen molar-refractivity contribution in [2.24, 2.45) is 7.05 Å². The molecule has 0 radical (unpaired) electrons. The summed E-state index contributed by atoms with van der Waals surface area (Å²) in [6.07, 6.45) is 3.45. The number of ketones is 1. The van der Waals surface area contributed by atoms with Gasteiger partial charge in [0, 0.05) is 11.6 Å². The molecule has 0 fully saturated rings. The first-order valence-corrected chi connectivity index (χ1v) is 6.69. The first kappa shape index (κ1) is 14.1. The normalized spacial score (nSPS) is 10.4. The standard InChI is InChI=1S/C13H12N2O4S/c1-15-4-2-3-14-13(15)20-7-11(18)8-5-9(16)12(19)10(17)6-8/h2-6H,7H2,1H3,(H2-,16,17,18,19)/p+1. The highest BCUT2D eigenvalue weighted by Crippen LogP contribution is 2.35. The van der Waals surface area contributed by atoms with Gasteiger partial charge in [-0.15, -0.1) is 0 Å². The molecule has 0 saturated carbocycles. The number of Topliss-reactive ketones (excluding diaryl/α,β-unsaturated/α-hetero) is 1. The largest absolute Gasteiger partial charge is 0.504 e. The summed E-state index contributed by atoms with van der Waals surface area (Å²) in [5.41, 5.74) is 0.129. The molecule has 2 aromatic rings. The molecule has 0 aliphatic carbocycles. The topological polar surface area (TPSA) is 94.5 Å². The zero-order valence-corrected chi connectivity index (χ0v) is 11.5. The van der Waals surface area contributed by atoms with Gasteiger partial charge in [-0.25, -0.2) is 4.57 Å². The van der Waals surface area contributed by atoms with Gasteiger partial charge in [0.2, 0.25) is 0 Å². The minimum Gasteiger partial charge on any atom is -0.504 e. The summed E-state index contributed by atoms with van der Waals surface area (Å²) in [7, 11) is 1.82. The Morgan fingerprint density at radius 3 is 2.55 bits per heavy atom. The number of benzene rings is 1. The van der Waals surface area contributed by atoms with Gasteiger partial charge in [-0.2, -0.15) is 0 Å². The summed E-state index contributed by atoms with van der Waals surface area (Å²) in [5.74, 6) is -1.87. The van der Waals surface area contributed by atoms with Crippen molar-refractivity contribution in [2.75, 3.05) is 5.75 Å². The molecule has 20 heavy (non-hydrogen) atoms. The van der Waals surface area contributed by atoms with Crippen LogP contribution in [0.15, 0.2) is 35.7 Å². The Morgan fingerprint density at radius 1 is 1.30 bits per heavy atom. The summed E-state index contributed by atoms with van der Waals surface area (Å²) >= 11 is 1.24. The lowest BCUT2D eigenvalue weighted by atomic mass is 10.1. The van der Waals surface area contributed by atoms with Crippen LogP contribution in [-0.4, -0.2) is 31.8 Å². The van der Waals surface area contributed by atoms with Crippen LogP contribution in [0.4, 0.5) is 0 Å². The minimum absolute atomic E-state index is 0.106. The number of rotatable bonds is 4. The van der Waals surface area contributed by atoms with Crippen molar-refractivity contribution >= 4 is 17.5 Å². The van der Waals surface area contributed by atoms with E-state index in [0.717, 1.165) is 12.1 Å². The van der Waals surface area contributed by atoms with Crippen LogP contribution < -0.4 is 4.57 Å². The van der Waals surface area contributed by atoms with Gasteiger partial charge in [-0.05, 0) is 28.9 Å². The number of phenolic OH excluding ortho intramolecular Hbond substituents is 3. The molecule has 3 N–H and O–H groups in total. The van der Waals surface area contributed by atoms with E-state index in [-0.39, 0.29) is 17.1 Å². The Labute approximate surface area is 119 Å². The van der Waals surface area contributed by atoms with E-state index in [2.05, 4.69) is 4.98 Å². The van der Waals surface area contributed by atoms with Gasteiger partial charge >= 0.3 is 5.16 Å². The van der Waals surface area contributed by atoms with Crippen LogP contribution in [0.3, 0.4) is 0 Å².